The van der Waals surface area contributed by atoms with Crippen LogP contribution in [-0.4, -0.2) is 42.9 Å². The molecule has 0 aromatic heterocycles. The van der Waals surface area contributed by atoms with E-state index in [2.05, 4.69) is 5.16 Å². The Bertz CT molecular complexity index is 889. The largest absolute Gasteiger partial charge is 0.390 e. The number of hydrogen-bond donors (Lipinski definition) is 0. The number of halogens is 3. The Hall–Kier alpha value is -1.79. The number of carbonyl (C=O) groups excluding carboxylic acids is 1. The van der Waals surface area contributed by atoms with Gasteiger partial charge in [0.2, 0.25) is 5.91 Å². The maximum Gasteiger partial charge on any atom is 0.248 e. The van der Waals surface area contributed by atoms with Crippen LogP contribution in [0.3, 0.4) is 0 Å². The zero-order valence-electron chi connectivity index (χ0n) is 15.2. The van der Waals surface area contributed by atoms with Crippen molar-refractivity contribution in [2.45, 2.75) is 19.1 Å². The number of oxime groups is 1. The first-order chi connectivity index (χ1) is 13.5. The molecule has 148 valence electrons. The zero-order valence-corrected chi connectivity index (χ0v) is 17.5. The second-order valence-corrected chi connectivity index (χ2v) is 7.62. The van der Waals surface area contributed by atoms with Crippen molar-refractivity contribution >= 4 is 46.4 Å². The number of benzene rings is 2. The summed E-state index contributed by atoms with van der Waals surface area (Å²) < 4.78 is 5.01. The summed E-state index contributed by atoms with van der Waals surface area (Å²) in [4.78, 5) is 19.7. The van der Waals surface area contributed by atoms with Crippen LogP contribution >= 0.6 is 34.8 Å². The predicted octanol–water partition coefficient (Wildman–Crippen LogP) is 4.82. The van der Waals surface area contributed by atoms with Gasteiger partial charge in [-0.2, -0.15) is 0 Å². The third-order valence-electron chi connectivity index (χ3n) is 4.35. The lowest BCUT2D eigenvalue weighted by molar-refractivity contribution is -0.137. The highest BCUT2D eigenvalue weighted by Gasteiger charge is 2.27. The van der Waals surface area contributed by atoms with Crippen LogP contribution in [0.15, 0.2) is 47.6 Å². The molecule has 0 saturated carbocycles. The van der Waals surface area contributed by atoms with Gasteiger partial charge in [-0.3, -0.25) is 4.79 Å². The quantitative estimate of drug-likeness (QED) is 0.619. The molecule has 1 aliphatic rings. The molecule has 0 saturated heterocycles. The van der Waals surface area contributed by atoms with Gasteiger partial charge in [-0.25, -0.2) is 0 Å². The number of carbonyl (C=O) groups is 1. The van der Waals surface area contributed by atoms with E-state index in [-0.39, 0.29) is 18.6 Å². The summed E-state index contributed by atoms with van der Waals surface area (Å²) in [5.41, 5.74) is 2.47. The van der Waals surface area contributed by atoms with E-state index >= 15 is 0 Å². The van der Waals surface area contributed by atoms with Crippen molar-refractivity contribution in [1.82, 2.24) is 4.90 Å². The number of nitrogens with zero attached hydrogens (tertiary/aromatic N) is 2. The summed E-state index contributed by atoms with van der Waals surface area (Å²) in [6.45, 7) is 0.712. The standard InChI is InChI=1S/C20H19Cl3N2O3/c1-27-12-20(26)25(10-14-4-2-3-5-16(14)21)11-15-9-19(24-28-15)13-6-7-17(22)18(23)8-13/h2-8,15H,9-12H2,1H3. The second-order valence-electron chi connectivity index (χ2n) is 6.40. The number of amides is 1. The highest BCUT2D eigenvalue weighted by molar-refractivity contribution is 6.42. The Morgan fingerprint density at radius 1 is 1.18 bits per heavy atom. The summed E-state index contributed by atoms with van der Waals surface area (Å²) in [6.07, 6.45) is 0.282. The molecule has 5 nitrogen and oxygen atoms in total. The third kappa shape index (κ3) is 5.17. The molecule has 28 heavy (non-hydrogen) atoms. The summed E-state index contributed by atoms with van der Waals surface area (Å²) >= 11 is 18.3. The molecule has 3 rings (SSSR count). The van der Waals surface area contributed by atoms with Gasteiger partial charge >= 0.3 is 0 Å². The van der Waals surface area contributed by atoms with Crippen molar-refractivity contribution in [3.05, 3.63) is 68.7 Å². The molecular formula is C20H19Cl3N2O3. The van der Waals surface area contributed by atoms with Gasteiger partial charge in [0, 0.05) is 30.7 Å². The van der Waals surface area contributed by atoms with E-state index in [1.165, 1.54) is 7.11 Å². The number of methoxy groups -OCH3 is 1. The maximum absolute atomic E-state index is 12.5. The first kappa shape index (κ1) is 20.9. The minimum Gasteiger partial charge on any atom is -0.390 e. The lowest BCUT2D eigenvalue weighted by Crippen LogP contribution is -2.39. The minimum atomic E-state index is -0.271. The van der Waals surface area contributed by atoms with Crippen molar-refractivity contribution in [3.63, 3.8) is 0 Å². The van der Waals surface area contributed by atoms with Crippen LogP contribution in [0.2, 0.25) is 15.1 Å². The summed E-state index contributed by atoms with van der Waals surface area (Å²) in [5, 5.41) is 5.71. The zero-order chi connectivity index (χ0) is 20.1. The fraction of sp³-hybridized carbons (Fsp3) is 0.300. The molecule has 0 radical (unpaired) electrons. The van der Waals surface area contributed by atoms with Gasteiger partial charge in [0.25, 0.3) is 0 Å². The molecule has 1 aliphatic heterocycles. The predicted molar refractivity (Wildman–Crippen MR) is 111 cm³/mol. The lowest BCUT2D eigenvalue weighted by atomic mass is 10.0. The van der Waals surface area contributed by atoms with Crippen LogP contribution in [0.4, 0.5) is 0 Å². The summed E-state index contributed by atoms with van der Waals surface area (Å²) in [5.74, 6) is -0.144. The lowest BCUT2D eigenvalue weighted by Gasteiger charge is -2.25. The van der Waals surface area contributed by atoms with Crippen LogP contribution in [0, 0.1) is 0 Å². The fourth-order valence-electron chi connectivity index (χ4n) is 2.92. The van der Waals surface area contributed by atoms with Crippen LogP contribution in [0.5, 0.6) is 0 Å². The van der Waals surface area contributed by atoms with Crippen LogP contribution in [0.25, 0.3) is 0 Å². The van der Waals surface area contributed by atoms with Crippen molar-refractivity contribution in [2.75, 3.05) is 20.3 Å². The van der Waals surface area contributed by atoms with E-state index in [4.69, 9.17) is 44.4 Å². The fourth-order valence-corrected chi connectivity index (χ4v) is 3.41. The molecule has 0 bridgehead atoms. The summed E-state index contributed by atoms with van der Waals surface area (Å²) in [7, 11) is 1.49. The Labute approximate surface area is 178 Å². The molecule has 0 aliphatic carbocycles. The van der Waals surface area contributed by atoms with Gasteiger partial charge in [-0.05, 0) is 23.8 Å². The Balaban J connectivity index is 1.69. The Morgan fingerprint density at radius 3 is 2.68 bits per heavy atom. The van der Waals surface area contributed by atoms with Gasteiger partial charge in [0.15, 0.2) is 6.10 Å². The topological polar surface area (TPSA) is 51.1 Å². The maximum atomic E-state index is 12.5. The van der Waals surface area contributed by atoms with Crippen LogP contribution < -0.4 is 0 Å². The Kier molecular flexibility index (Phi) is 7.18. The van der Waals surface area contributed by atoms with E-state index in [1.54, 1.807) is 23.1 Å². The SMILES string of the molecule is COCC(=O)N(Cc1ccccc1Cl)CC1CC(c2ccc(Cl)c(Cl)c2)=NO1. The second kappa shape index (κ2) is 9.61. The molecule has 8 heteroatoms. The molecular weight excluding hydrogens is 423 g/mol. The van der Waals surface area contributed by atoms with Crippen molar-refractivity contribution in [1.29, 1.82) is 0 Å². The summed E-state index contributed by atoms with van der Waals surface area (Å²) in [6, 6.07) is 12.8. The number of hydrogen-bond acceptors (Lipinski definition) is 4. The molecule has 1 unspecified atom stereocenters. The van der Waals surface area contributed by atoms with Crippen LogP contribution in [-0.2, 0) is 20.9 Å². The Morgan fingerprint density at radius 2 is 1.96 bits per heavy atom. The molecule has 1 atom stereocenters. The molecule has 0 N–H and O–H groups in total. The molecule has 1 amide bonds. The van der Waals surface area contributed by atoms with E-state index in [1.807, 2.05) is 24.3 Å². The average molecular weight is 442 g/mol. The van der Waals surface area contributed by atoms with E-state index in [9.17, 15) is 4.79 Å². The first-order valence-corrected chi connectivity index (χ1v) is 9.79. The van der Waals surface area contributed by atoms with Gasteiger partial charge < -0.3 is 14.5 Å². The van der Waals surface area contributed by atoms with Crippen molar-refractivity contribution < 1.29 is 14.4 Å². The van der Waals surface area contributed by atoms with Crippen molar-refractivity contribution in [3.8, 4) is 0 Å². The molecule has 2 aromatic rings. The van der Waals surface area contributed by atoms with E-state index < -0.39 is 0 Å². The molecule has 2 aromatic carbocycles. The smallest absolute Gasteiger partial charge is 0.248 e. The highest BCUT2D eigenvalue weighted by atomic mass is 35.5. The average Bonchev–Trinajstić information content (AvgIpc) is 3.14. The monoisotopic (exact) mass is 440 g/mol. The minimum absolute atomic E-state index is 0.0162. The number of ether oxygens (including phenoxy) is 1. The van der Waals surface area contributed by atoms with Gasteiger partial charge in [0.1, 0.15) is 6.61 Å². The highest BCUT2D eigenvalue weighted by Crippen LogP contribution is 2.26. The molecule has 0 fully saturated rings. The van der Waals surface area contributed by atoms with E-state index in [0.29, 0.717) is 34.6 Å². The third-order valence-corrected chi connectivity index (χ3v) is 5.46. The van der Waals surface area contributed by atoms with E-state index in [0.717, 1.165) is 16.8 Å². The normalized spacial score (nSPS) is 15.9. The molecule has 1 heterocycles. The number of rotatable bonds is 7. The van der Waals surface area contributed by atoms with Gasteiger partial charge in [0.05, 0.1) is 22.3 Å². The van der Waals surface area contributed by atoms with Gasteiger partial charge in [-0.15, -0.1) is 0 Å². The van der Waals surface area contributed by atoms with Crippen molar-refractivity contribution in [2.24, 2.45) is 5.16 Å². The van der Waals surface area contributed by atoms with Crippen LogP contribution in [0.1, 0.15) is 17.5 Å². The first-order valence-electron chi connectivity index (χ1n) is 8.66. The molecule has 0 spiro atoms. The van der Waals surface area contributed by atoms with Gasteiger partial charge in [-0.1, -0.05) is 64.2 Å².